The van der Waals surface area contributed by atoms with Gasteiger partial charge in [-0.2, -0.15) is 4.98 Å². The number of hydrogen-bond donors (Lipinski definition) is 1. The molecule has 0 amide bonds. The molecule has 1 atom stereocenters. The third-order valence-electron chi connectivity index (χ3n) is 3.46. The molecule has 0 saturated heterocycles. The van der Waals surface area contributed by atoms with Gasteiger partial charge in [-0.25, -0.2) is 0 Å². The zero-order chi connectivity index (χ0) is 14.2. The lowest BCUT2D eigenvalue weighted by Gasteiger charge is -2.29. The molecule has 0 spiro atoms. The van der Waals surface area contributed by atoms with E-state index in [2.05, 4.69) is 26.1 Å². The van der Waals surface area contributed by atoms with Crippen molar-refractivity contribution in [1.29, 1.82) is 0 Å². The van der Waals surface area contributed by atoms with Crippen LogP contribution in [0.3, 0.4) is 0 Å². The fraction of sp³-hybridized carbons (Fsp3) is 0.538. The molecule has 0 radical (unpaired) electrons. The third-order valence-corrected chi connectivity index (χ3v) is 4.07. The van der Waals surface area contributed by atoms with Gasteiger partial charge in [-0.05, 0) is 48.2 Å². The van der Waals surface area contributed by atoms with Gasteiger partial charge in [0.1, 0.15) is 5.54 Å². The minimum absolute atomic E-state index is 0.326. The maximum absolute atomic E-state index is 6.22. The first kappa shape index (κ1) is 13.8. The molecule has 1 saturated carbocycles. The first-order valence-electron chi connectivity index (χ1n) is 6.54. The van der Waals surface area contributed by atoms with Gasteiger partial charge in [-0.15, -0.1) is 0 Å². The second-order valence-electron chi connectivity index (χ2n) is 5.31. The Labute approximate surface area is 124 Å². The van der Waals surface area contributed by atoms with Crippen LogP contribution in [0.15, 0.2) is 25.9 Å². The minimum atomic E-state index is -0.770. The van der Waals surface area contributed by atoms with Crippen molar-refractivity contribution >= 4 is 15.9 Å². The Hall–Kier alpha value is -1.18. The molecule has 1 aliphatic carbocycles. The number of ether oxygens (including phenoxy) is 1. The highest BCUT2D eigenvalue weighted by Gasteiger charge is 2.31. The molecular formula is C13H16BrN3O3. The Bertz CT molecular complexity index is 589. The SMILES string of the molecule is CC(N)(COC1CCC1)c1noc(-c2ccoc2Br)n1. The predicted molar refractivity (Wildman–Crippen MR) is 74.8 cm³/mol. The second-order valence-corrected chi connectivity index (χ2v) is 6.03. The van der Waals surface area contributed by atoms with Gasteiger partial charge in [0.15, 0.2) is 10.5 Å². The van der Waals surface area contributed by atoms with Crippen LogP contribution in [0.5, 0.6) is 0 Å². The Morgan fingerprint density at radius 3 is 2.95 bits per heavy atom. The van der Waals surface area contributed by atoms with E-state index in [4.69, 9.17) is 19.4 Å². The van der Waals surface area contributed by atoms with Crippen molar-refractivity contribution in [3.8, 4) is 11.5 Å². The van der Waals surface area contributed by atoms with Crippen LogP contribution in [0, 0.1) is 0 Å². The molecule has 0 aliphatic heterocycles. The lowest BCUT2D eigenvalue weighted by molar-refractivity contribution is -0.0222. The fourth-order valence-electron chi connectivity index (χ4n) is 1.90. The number of halogens is 1. The maximum Gasteiger partial charge on any atom is 0.262 e. The minimum Gasteiger partial charge on any atom is -0.457 e. The monoisotopic (exact) mass is 341 g/mol. The molecule has 7 heteroatoms. The van der Waals surface area contributed by atoms with Crippen LogP contribution in [-0.2, 0) is 10.3 Å². The molecule has 0 aromatic carbocycles. The highest BCUT2D eigenvalue weighted by Crippen LogP contribution is 2.29. The lowest BCUT2D eigenvalue weighted by Crippen LogP contribution is -2.41. The summed E-state index contributed by atoms with van der Waals surface area (Å²) in [6, 6.07) is 1.75. The smallest absolute Gasteiger partial charge is 0.262 e. The van der Waals surface area contributed by atoms with E-state index in [1.54, 1.807) is 12.3 Å². The van der Waals surface area contributed by atoms with Gasteiger partial charge in [0.25, 0.3) is 5.89 Å². The molecule has 2 aromatic heterocycles. The highest BCUT2D eigenvalue weighted by molar-refractivity contribution is 9.10. The molecule has 1 unspecified atom stereocenters. The molecule has 3 rings (SSSR count). The van der Waals surface area contributed by atoms with Gasteiger partial charge in [0, 0.05) is 0 Å². The van der Waals surface area contributed by atoms with Crippen LogP contribution < -0.4 is 5.73 Å². The summed E-state index contributed by atoms with van der Waals surface area (Å²) in [7, 11) is 0. The molecule has 0 bridgehead atoms. The van der Waals surface area contributed by atoms with Crippen molar-refractivity contribution in [2.24, 2.45) is 5.73 Å². The van der Waals surface area contributed by atoms with E-state index in [9.17, 15) is 0 Å². The van der Waals surface area contributed by atoms with Gasteiger partial charge in [-0.3, -0.25) is 0 Å². The number of nitrogens with zero attached hydrogens (tertiary/aromatic N) is 2. The topological polar surface area (TPSA) is 87.3 Å². The molecule has 2 aromatic rings. The quantitative estimate of drug-likeness (QED) is 0.899. The van der Waals surface area contributed by atoms with Gasteiger partial charge >= 0.3 is 0 Å². The number of nitrogens with two attached hydrogens (primary N) is 1. The summed E-state index contributed by atoms with van der Waals surface area (Å²) in [6.45, 7) is 2.22. The molecule has 1 aliphatic rings. The van der Waals surface area contributed by atoms with Crippen molar-refractivity contribution in [3.63, 3.8) is 0 Å². The van der Waals surface area contributed by atoms with Gasteiger partial charge < -0.3 is 19.4 Å². The summed E-state index contributed by atoms with van der Waals surface area (Å²) >= 11 is 3.28. The van der Waals surface area contributed by atoms with Crippen LogP contribution in [0.1, 0.15) is 32.0 Å². The van der Waals surface area contributed by atoms with E-state index in [0.29, 0.717) is 34.7 Å². The molecule has 6 nitrogen and oxygen atoms in total. The zero-order valence-corrected chi connectivity index (χ0v) is 12.7. The van der Waals surface area contributed by atoms with Crippen LogP contribution in [0.4, 0.5) is 0 Å². The second kappa shape index (κ2) is 5.31. The van der Waals surface area contributed by atoms with E-state index >= 15 is 0 Å². The van der Waals surface area contributed by atoms with Crippen molar-refractivity contribution in [3.05, 3.63) is 22.8 Å². The Morgan fingerprint density at radius 2 is 2.35 bits per heavy atom. The summed E-state index contributed by atoms with van der Waals surface area (Å²) in [5.74, 6) is 0.806. The van der Waals surface area contributed by atoms with Gasteiger partial charge in [0.05, 0.1) is 24.5 Å². The largest absolute Gasteiger partial charge is 0.457 e. The standard InChI is InChI=1S/C13H16BrN3O3/c1-13(15,7-19-8-3-2-4-8)12-16-11(20-17-12)9-5-6-18-10(9)14/h5-6,8H,2-4,7,15H2,1H3. The predicted octanol–water partition coefficient (Wildman–Crippen LogP) is 2.84. The van der Waals surface area contributed by atoms with E-state index in [1.165, 1.54) is 6.42 Å². The summed E-state index contributed by atoms with van der Waals surface area (Å²) in [6.07, 6.45) is 5.31. The van der Waals surface area contributed by atoms with Crippen molar-refractivity contribution in [2.75, 3.05) is 6.61 Å². The maximum atomic E-state index is 6.22. The normalized spacial score (nSPS) is 18.8. The average molecular weight is 342 g/mol. The number of furan rings is 1. The summed E-state index contributed by atoms with van der Waals surface area (Å²) in [5.41, 5.74) is 6.16. The number of aromatic nitrogens is 2. The van der Waals surface area contributed by atoms with Crippen LogP contribution in [-0.4, -0.2) is 22.9 Å². The lowest BCUT2D eigenvalue weighted by atomic mass is 9.95. The van der Waals surface area contributed by atoms with Crippen LogP contribution in [0.2, 0.25) is 0 Å². The van der Waals surface area contributed by atoms with Crippen molar-refractivity contribution in [2.45, 2.75) is 37.8 Å². The number of rotatable bonds is 5. The molecule has 108 valence electrons. The molecule has 2 N–H and O–H groups in total. The highest BCUT2D eigenvalue weighted by atomic mass is 79.9. The van der Waals surface area contributed by atoms with E-state index < -0.39 is 5.54 Å². The Morgan fingerprint density at radius 1 is 1.55 bits per heavy atom. The Kier molecular flexibility index (Phi) is 3.66. The molecule has 1 fully saturated rings. The van der Waals surface area contributed by atoms with Crippen LogP contribution in [0.25, 0.3) is 11.5 Å². The van der Waals surface area contributed by atoms with Crippen molar-refractivity contribution in [1.82, 2.24) is 10.1 Å². The van der Waals surface area contributed by atoms with E-state index in [-0.39, 0.29) is 0 Å². The van der Waals surface area contributed by atoms with Crippen LogP contribution >= 0.6 is 15.9 Å². The molecule has 20 heavy (non-hydrogen) atoms. The summed E-state index contributed by atoms with van der Waals surface area (Å²) < 4.78 is 16.7. The van der Waals surface area contributed by atoms with E-state index in [1.807, 2.05) is 6.92 Å². The molecular weight excluding hydrogens is 326 g/mol. The zero-order valence-electron chi connectivity index (χ0n) is 11.1. The number of hydrogen-bond acceptors (Lipinski definition) is 6. The Balaban J connectivity index is 1.73. The van der Waals surface area contributed by atoms with Crippen molar-refractivity contribution < 1.29 is 13.7 Å². The first-order chi connectivity index (χ1) is 9.56. The van der Waals surface area contributed by atoms with Gasteiger partial charge in [0.2, 0.25) is 0 Å². The fourth-order valence-corrected chi connectivity index (χ4v) is 2.31. The van der Waals surface area contributed by atoms with E-state index in [0.717, 1.165) is 12.8 Å². The van der Waals surface area contributed by atoms with Gasteiger partial charge in [-0.1, -0.05) is 5.16 Å². The first-order valence-corrected chi connectivity index (χ1v) is 7.33. The average Bonchev–Trinajstić information content (AvgIpc) is 2.94. The third kappa shape index (κ3) is 2.65. The summed E-state index contributed by atoms with van der Waals surface area (Å²) in [5, 5.41) is 3.95. The molecule has 2 heterocycles. The summed E-state index contributed by atoms with van der Waals surface area (Å²) in [4.78, 5) is 4.33.